The summed E-state index contributed by atoms with van der Waals surface area (Å²) in [7, 11) is 0. The Hall–Kier alpha value is -4.26. The lowest BCUT2D eigenvalue weighted by atomic mass is 10.1. The highest BCUT2D eigenvalue weighted by Crippen LogP contribution is 2.33. The normalized spacial score (nSPS) is 15.6. The first kappa shape index (κ1) is 20.6. The largest absolute Gasteiger partial charge is 0.368 e. The molecule has 3 aromatic rings. The van der Waals surface area contributed by atoms with Crippen molar-refractivity contribution in [2.75, 3.05) is 36.0 Å². The molecule has 5 rings (SSSR count). The highest BCUT2D eigenvalue weighted by molar-refractivity contribution is 6.41. The maximum absolute atomic E-state index is 12.7. The van der Waals surface area contributed by atoms with Gasteiger partial charge < -0.3 is 9.80 Å². The van der Waals surface area contributed by atoms with Crippen LogP contribution in [0.25, 0.3) is 6.08 Å². The number of allylic oxidation sites excluding steroid dienone is 1. The summed E-state index contributed by atoms with van der Waals surface area (Å²) in [6.07, 6.45) is 1.45. The van der Waals surface area contributed by atoms with Crippen LogP contribution in [0.15, 0.2) is 78.4 Å². The number of rotatable bonds is 4. The molecule has 7 nitrogen and oxygen atoms in total. The zero-order chi connectivity index (χ0) is 22.9. The summed E-state index contributed by atoms with van der Waals surface area (Å²) >= 11 is 0. The van der Waals surface area contributed by atoms with Gasteiger partial charge in [0.25, 0.3) is 5.69 Å². The molecule has 1 aliphatic carbocycles. The van der Waals surface area contributed by atoms with Gasteiger partial charge in [0, 0.05) is 49.1 Å². The van der Waals surface area contributed by atoms with Crippen molar-refractivity contribution in [3.63, 3.8) is 0 Å². The molecule has 1 heterocycles. The minimum atomic E-state index is -0.409. The molecule has 0 bridgehead atoms. The van der Waals surface area contributed by atoms with Crippen LogP contribution in [0.4, 0.5) is 17.1 Å². The SMILES string of the molecule is O=C1C(=Cc2ccc(N3CCN(c4ccccc4)CC3)c([N+](=O)[O-])c2)C(=O)c2ccccc21. The third-order valence-electron chi connectivity index (χ3n) is 6.15. The van der Waals surface area contributed by atoms with Crippen molar-refractivity contribution in [2.45, 2.75) is 0 Å². The molecular weight excluding hydrogens is 418 g/mol. The second kappa shape index (κ2) is 8.35. The van der Waals surface area contributed by atoms with Crippen molar-refractivity contribution >= 4 is 34.7 Å². The zero-order valence-electron chi connectivity index (χ0n) is 17.8. The Morgan fingerprint density at radius 1 is 0.758 bits per heavy atom. The lowest BCUT2D eigenvalue weighted by molar-refractivity contribution is -0.384. The lowest BCUT2D eigenvalue weighted by Crippen LogP contribution is -2.46. The van der Waals surface area contributed by atoms with E-state index in [1.54, 1.807) is 36.4 Å². The van der Waals surface area contributed by atoms with Crippen LogP contribution < -0.4 is 9.80 Å². The van der Waals surface area contributed by atoms with Gasteiger partial charge in [0.2, 0.25) is 0 Å². The highest BCUT2D eigenvalue weighted by atomic mass is 16.6. The monoisotopic (exact) mass is 439 g/mol. The van der Waals surface area contributed by atoms with Crippen LogP contribution in [0.3, 0.4) is 0 Å². The Balaban J connectivity index is 1.40. The minimum Gasteiger partial charge on any atom is -0.368 e. The van der Waals surface area contributed by atoms with Crippen LogP contribution in [0, 0.1) is 10.1 Å². The van der Waals surface area contributed by atoms with Crippen LogP contribution in [-0.2, 0) is 0 Å². The van der Waals surface area contributed by atoms with E-state index < -0.39 is 4.92 Å². The second-order valence-corrected chi connectivity index (χ2v) is 8.08. The van der Waals surface area contributed by atoms with E-state index in [1.807, 2.05) is 23.1 Å². The van der Waals surface area contributed by atoms with Crippen LogP contribution >= 0.6 is 0 Å². The van der Waals surface area contributed by atoms with Crippen molar-refractivity contribution in [2.24, 2.45) is 0 Å². The molecule has 7 heteroatoms. The number of carbonyl (C=O) groups excluding carboxylic acids is 2. The van der Waals surface area contributed by atoms with E-state index in [0.29, 0.717) is 35.5 Å². The molecule has 3 aromatic carbocycles. The van der Waals surface area contributed by atoms with Gasteiger partial charge in [0.1, 0.15) is 5.69 Å². The fraction of sp³-hybridized carbons (Fsp3) is 0.154. The number of ketones is 2. The Morgan fingerprint density at radius 2 is 1.33 bits per heavy atom. The van der Waals surface area contributed by atoms with Gasteiger partial charge in [-0.1, -0.05) is 48.5 Å². The number of anilines is 2. The number of nitro benzene ring substituents is 1. The summed E-state index contributed by atoms with van der Waals surface area (Å²) in [6, 6.07) is 21.6. The van der Waals surface area contributed by atoms with Crippen LogP contribution in [0.2, 0.25) is 0 Å². The summed E-state index contributed by atoms with van der Waals surface area (Å²) < 4.78 is 0. The molecule has 0 amide bonds. The van der Waals surface area contributed by atoms with Crippen molar-refractivity contribution in [3.05, 3.63) is 105 Å². The molecule has 1 saturated heterocycles. The zero-order valence-corrected chi connectivity index (χ0v) is 17.8. The topological polar surface area (TPSA) is 83.8 Å². The first-order valence-corrected chi connectivity index (χ1v) is 10.8. The molecule has 0 spiro atoms. The van der Waals surface area contributed by atoms with Crippen LogP contribution in [0.5, 0.6) is 0 Å². The number of fused-ring (bicyclic) bond motifs is 1. The number of nitrogens with zero attached hydrogens (tertiary/aromatic N) is 3. The molecule has 0 N–H and O–H groups in total. The molecule has 0 radical (unpaired) electrons. The van der Waals surface area contributed by atoms with E-state index in [-0.39, 0.29) is 22.8 Å². The number of benzene rings is 3. The predicted molar refractivity (Wildman–Crippen MR) is 127 cm³/mol. The Bertz CT molecular complexity index is 1250. The van der Waals surface area contributed by atoms with Gasteiger partial charge in [-0.05, 0) is 29.8 Å². The molecule has 33 heavy (non-hydrogen) atoms. The molecule has 0 aromatic heterocycles. The molecule has 0 saturated carbocycles. The van der Waals surface area contributed by atoms with E-state index in [2.05, 4.69) is 17.0 Å². The van der Waals surface area contributed by atoms with Gasteiger partial charge >= 0.3 is 0 Å². The van der Waals surface area contributed by atoms with Gasteiger partial charge in [0.05, 0.1) is 10.5 Å². The van der Waals surface area contributed by atoms with Gasteiger partial charge in [-0.25, -0.2) is 0 Å². The molecule has 1 fully saturated rings. The highest BCUT2D eigenvalue weighted by Gasteiger charge is 2.33. The quantitative estimate of drug-likeness (QED) is 0.260. The second-order valence-electron chi connectivity index (χ2n) is 8.08. The number of nitro groups is 1. The maximum atomic E-state index is 12.7. The Labute approximate surface area is 190 Å². The Morgan fingerprint density at radius 3 is 1.94 bits per heavy atom. The summed E-state index contributed by atoms with van der Waals surface area (Å²) in [6.45, 7) is 2.83. The summed E-state index contributed by atoms with van der Waals surface area (Å²) in [5, 5.41) is 11.9. The van der Waals surface area contributed by atoms with Crippen molar-refractivity contribution < 1.29 is 14.5 Å². The third kappa shape index (κ3) is 3.78. The number of hydrogen-bond donors (Lipinski definition) is 0. The number of piperazine rings is 1. The predicted octanol–water partition coefficient (Wildman–Crippen LogP) is 4.38. The summed E-state index contributed by atoms with van der Waals surface area (Å²) in [5.41, 5.74) is 2.88. The fourth-order valence-corrected chi connectivity index (χ4v) is 4.46. The minimum absolute atomic E-state index is 0.0343. The van der Waals surface area contributed by atoms with Crippen molar-refractivity contribution in [3.8, 4) is 0 Å². The standard InChI is InChI=1S/C26H21N3O4/c30-25-20-8-4-5-9-21(20)26(31)22(25)16-18-10-11-23(24(17-18)29(32)33)28-14-12-27(13-15-28)19-6-2-1-3-7-19/h1-11,16-17H,12-15H2. The molecule has 0 unspecified atom stereocenters. The van der Waals surface area contributed by atoms with Crippen molar-refractivity contribution in [1.29, 1.82) is 0 Å². The first-order chi connectivity index (χ1) is 16.0. The van der Waals surface area contributed by atoms with Crippen molar-refractivity contribution in [1.82, 2.24) is 0 Å². The maximum Gasteiger partial charge on any atom is 0.293 e. The van der Waals surface area contributed by atoms with Gasteiger partial charge in [-0.2, -0.15) is 0 Å². The molecule has 1 aliphatic heterocycles. The number of para-hydroxylation sites is 1. The summed E-state index contributed by atoms with van der Waals surface area (Å²) in [4.78, 5) is 41.0. The van der Waals surface area contributed by atoms with Gasteiger partial charge in [-0.3, -0.25) is 19.7 Å². The average molecular weight is 439 g/mol. The van der Waals surface area contributed by atoms with Crippen LogP contribution in [-0.4, -0.2) is 42.7 Å². The lowest BCUT2D eigenvalue weighted by Gasteiger charge is -2.37. The average Bonchev–Trinajstić information content (AvgIpc) is 3.09. The number of hydrogen-bond acceptors (Lipinski definition) is 6. The van der Waals surface area contributed by atoms with Gasteiger partial charge in [0.15, 0.2) is 11.6 Å². The fourth-order valence-electron chi connectivity index (χ4n) is 4.46. The molecular formula is C26H21N3O4. The van der Waals surface area contributed by atoms with Crippen LogP contribution in [0.1, 0.15) is 26.3 Å². The van der Waals surface area contributed by atoms with Gasteiger partial charge in [-0.15, -0.1) is 0 Å². The number of carbonyl (C=O) groups is 2. The van der Waals surface area contributed by atoms with E-state index in [4.69, 9.17) is 0 Å². The third-order valence-corrected chi connectivity index (χ3v) is 6.15. The Kier molecular flexibility index (Phi) is 5.22. The number of Topliss-reactive ketones (excluding diaryl/α,β-unsaturated/α-hetero) is 2. The van der Waals surface area contributed by atoms with E-state index >= 15 is 0 Å². The first-order valence-electron chi connectivity index (χ1n) is 10.8. The van der Waals surface area contributed by atoms with E-state index in [9.17, 15) is 19.7 Å². The van der Waals surface area contributed by atoms with E-state index in [0.717, 1.165) is 18.8 Å². The van der Waals surface area contributed by atoms with E-state index in [1.165, 1.54) is 12.1 Å². The molecule has 2 aliphatic rings. The summed E-state index contributed by atoms with van der Waals surface area (Å²) in [5.74, 6) is -0.696. The molecule has 164 valence electrons. The smallest absolute Gasteiger partial charge is 0.293 e. The molecule has 0 atom stereocenters.